The van der Waals surface area contributed by atoms with E-state index in [-0.39, 0.29) is 28.2 Å². The molecule has 0 bridgehead atoms. The molecule has 1 saturated carbocycles. The van der Waals surface area contributed by atoms with Crippen LogP contribution in [0.1, 0.15) is 43.0 Å². The molecule has 0 spiro atoms. The summed E-state index contributed by atoms with van der Waals surface area (Å²) in [5, 5.41) is 13.7. The minimum atomic E-state index is -0.533. The molecule has 108 valence electrons. The largest absolute Gasteiger partial charge is 0.349 e. The maximum Gasteiger partial charge on any atom is 0.270 e. The van der Waals surface area contributed by atoms with Gasteiger partial charge in [0.1, 0.15) is 0 Å². The second-order valence-corrected chi connectivity index (χ2v) is 5.64. The lowest BCUT2D eigenvalue weighted by molar-refractivity contribution is -0.384. The Bertz CT molecular complexity index is 527. The first-order chi connectivity index (χ1) is 9.49. The Labute approximate surface area is 122 Å². The molecule has 1 N–H and O–H groups in total. The number of nitrogens with zero attached hydrogens (tertiary/aromatic N) is 1. The van der Waals surface area contributed by atoms with Gasteiger partial charge in [0.05, 0.1) is 15.5 Å². The fourth-order valence-corrected chi connectivity index (χ4v) is 2.92. The van der Waals surface area contributed by atoms with Gasteiger partial charge in [-0.1, -0.05) is 24.4 Å². The average Bonchev–Trinajstić information content (AvgIpc) is 2.92. The fraction of sp³-hybridized carbons (Fsp3) is 0.500. The molecule has 0 aromatic heterocycles. The smallest absolute Gasteiger partial charge is 0.270 e. The molecule has 1 aliphatic carbocycles. The van der Waals surface area contributed by atoms with Gasteiger partial charge in [0.25, 0.3) is 11.6 Å². The number of non-ortho nitro benzene ring substituents is 1. The van der Waals surface area contributed by atoms with Gasteiger partial charge in [0.15, 0.2) is 0 Å². The lowest BCUT2D eigenvalue weighted by Crippen LogP contribution is -2.37. The highest BCUT2D eigenvalue weighted by Crippen LogP contribution is 2.28. The summed E-state index contributed by atoms with van der Waals surface area (Å²) >= 11 is 5.95. The third kappa shape index (κ3) is 3.28. The Morgan fingerprint density at radius 3 is 2.65 bits per heavy atom. The van der Waals surface area contributed by atoms with Crippen molar-refractivity contribution in [2.45, 2.75) is 38.6 Å². The van der Waals surface area contributed by atoms with Crippen molar-refractivity contribution in [2.24, 2.45) is 5.92 Å². The molecule has 0 saturated heterocycles. The molecule has 2 rings (SSSR count). The number of nitrogens with one attached hydrogen (secondary N) is 1. The molecule has 1 aromatic carbocycles. The number of hydrogen-bond donors (Lipinski definition) is 1. The molecular weight excluding hydrogens is 280 g/mol. The van der Waals surface area contributed by atoms with Crippen LogP contribution in [-0.2, 0) is 0 Å². The van der Waals surface area contributed by atoms with Crippen LogP contribution >= 0.6 is 11.6 Å². The van der Waals surface area contributed by atoms with Crippen LogP contribution in [0.25, 0.3) is 0 Å². The van der Waals surface area contributed by atoms with Crippen molar-refractivity contribution in [2.75, 3.05) is 0 Å². The van der Waals surface area contributed by atoms with Gasteiger partial charge < -0.3 is 5.32 Å². The predicted octanol–water partition coefficient (Wildman–Crippen LogP) is 3.56. The molecule has 0 aliphatic heterocycles. The zero-order valence-corrected chi connectivity index (χ0v) is 12.0. The lowest BCUT2D eigenvalue weighted by atomic mass is 9.99. The van der Waals surface area contributed by atoms with Crippen molar-refractivity contribution in [1.82, 2.24) is 5.32 Å². The van der Waals surface area contributed by atoms with Crippen LogP contribution in [0.5, 0.6) is 0 Å². The zero-order valence-electron chi connectivity index (χ0n) is 11.3. The first kappa shape index (κ1) is 14.8. The molecule has 0 heterocycles. The van der Waals surface area contributed by atoms with Crippen molar-refractivity contribution < 1.29 is 9.72 Å². The van der Waals surface area contributed by atoms with E-state index < -0.39 is 4.92 Å². The van der Waals surface area contributed by atoms with Crippen molar-refractivity contribution in [3.05, 3.63) is 38.9 Å². The van der Waals surface area contributed by atoms with Crippen LogP contribution in [0.4, 0.5) is 5.69 Å². The molecule has 1 amide bonds. The van der Waals surface area contributed by atoms with Crippen LogP contribution in [0.15, 0.2) is 18.2 Å². The number of benzene rings is 1. The van der Waals surface area contributed by atoms with E-state index in [0.717, 1.165) is 12.8 Å². The van der Waals surface area contributed by atoms with E-state index in [4.69, 9.17) is 11.6 Å². The van der Waals surface area contributed by atoms with Gasteiger partial charge in [0, 0.05) is 18.2 Å². The highest BCUT2D eigenvalue weighted by atomic mass is 35.5. The van der Waals surface area contributed by atoms with E-state index >= 15 is 0 Å². The summed E-state index contributed by atoms with van der Waals surface area (Å²) in [7, 11) is 0. The van der Waals surface area contributed by atoms with E-state index in [2.05, 4.69) is 5.32 Å². The monoisotopic (exact) mass is 296 g/mol. The first-order valence-corrected chi connectivity index (χ1v) is 7.11. The summed E-state index contributed by atoms with van der Waals surface area (Å²) in [6, 6.07) is 3.99. The van der Waals surface area contributed by atoms with Crippen molar-refractivity contribution in [3.8, 4) is 0 Å². The normalized spacial score (nSPS) is 16.9. The van der Waals surface area contributed by atoms with Crippen molar-refractivity contribution in [3.63, 3.8) is 0 Å². The van der Waals surface area contributed by atoms with E-state index in [1.807, 2.05) is 6.92 Å². The number of halogens is 1. The zero-order chi connectivity index (χ0) is 14.7. The van der Waals surface area contributed by atoms with Crippen LogP contribution in [0, 0.1) is 16.0 Å². The Morgan fingerprint density at radius 1 is 1.45 bits per heavy atom. The van der Waals surface area contributed by atoms with E-state index in [9.17, 15) is 14.9 Å². The minimum Gasteiger partial charge on any atom is -0.349 e. The minimum absolute atomic E-state index is 0.0938. The molecule has 1 unspecified atom stereocenters. The van der Waals surface area contributed by atoms with Gasteiger partial charge >= 0.3 is 0 Å². The molecule has 20 heavy (non-hydrogen) atoms. The maximum atomic E-state index is 12.1. The summed E-state index contributed by atoms with van der Waals surface area (Å²) in [6.45, 7) is 1.99. The van der Waals surface area contributed by atoms with Gasteiger partial charge in [-0.05, 0) is 31.7 Å². The third-order valence-electron chi connectivity index (χ3n) is 3.87. The van der Waals surface area contributed by atoms with Crippen LogP contribution in [-0.4, -0.2) is 16.9 Å². The van der Waals surface area contributed by atoms with Gasteiger partial charge in [-0.3, -0.25) is 14.9 Å². The molecular formula is C14H17ClN2O3. The SMILES string of the molecule is CC(NC(=O)c1ccc([N+](=O)[O-])cc1Cl)C1CCCC1. The summed E-state index contributed by atoms with van der Waals surface area (Å²) in [5.74, 6) is 0.236. The molecule has 1 aromatic rings. The lowest BCUT2D eigenvalue weighted by Gasteiger charge is -2.20. The third-order valence-corrected chi connectivity index (χ3v) is 4.19. The predicted molar refractivity (Wildman–Crippen MR) is 77.0 cm³/mol. The maximum absolute atomic E-state index is 12.1. The topological polar surface area (TPSA) is 72.2 Å². The van der Waals surface area contributed by atoms with Crippen LogP contribution < -0.4 is 5.32 Å². The number of amides is 1. The standard InChI is InChI=1S/C14H17ClN2O3/c1-9(10-4-2-3-5-10)16-14(18)12-7-6-11(17(19)20)8-13(12)15/h6-10H,2-5H2,1H3,(H,16,18). The van der Waals surface area contributed by atoms with E-state index in [1.54, 1.807) is 0 Å². The van der Waals surface area contributed by atoms with Crippen molar-refractivity contribution in [1.29, 1.82) is 0 Å². The molecule has 5 nitrogen and oxygen atoms in total. The second-order valence-electron chi connectivity index (χ2n) is 5.23. The summed E-state index contributed by atoms with van der Waals surface area (Å²) < 4.78 is 0. The van der Waals surface area contributed by atoms with Gasteiger partial charge in [-0.25, -0.2) is 0 Å². The number of carbonyl (C=O) groups excluding carboxylic acids is 1. The second kappa shape index (κ2) is 6.22. The first-order valence-electron chi connectivity index (χ1n) is 6.74. The van der Waals surface area contributed by atoms with Crippen LogP contribution in [0.3, 0.4) is 0 Å². The Kier molecular flexibility index (Phi) is 4.60. The molecule has 1 aliphatic rings. The van der Waals surface area contributed by atoms with Crippen LogP contribution in [0.2, 0.25) is 5.02 Å². The number of rotatable bonds is 4. The molecule has 1 atom stereocenters. The van der Waals surface area contributed by atoms with E-state index in [0.29, 0.717) is 5.92 Å². The molecule has 1 fully saturated rings. The van der Waals surface area contributed by atoms with Gasteiger partial charge in [0.2, 0.25) is 0 Å². The summed E-state index contributed by atoms with van der Waals surface area (Å²) in [6.07, 6.45) is 4.69. The quantitative estimate of drug-likeness (QED) is 0.682. The Morgan fingerprint density at radius 2 is 2.10 bits per heavy atom. The Hall–Kier alpha value is -1.62. The van der Waals surface area contributed by atoms with Gasteiger partial charge in [-0.2, -0.15) is 0 Å². The highest BCUT2D eigenvalue weighted by molar-refractivity contribution is 6.34. The number of carbonyl (C=O) groups is 1. The number of hydrogen-bond acceptors (Lipinski definition) is 3. The summed E-state index contributed by atoms with van der Waals surface area (Å²) in [4.78, 5) is 22.2. The molecule has 6 heteroatoms. The number of nitro benzene ring substituents is 1. The molecule has 0 radical (unpaired) electrons. The highest BCUT2D eigenvalue weighted by Gasteiger charge is 2.24. The average molecular weight is 297 g/mol. The number of nitro groups is 1. The Balaban J connectivity index is 2.07. The van der Waals surface area contributed by atoms with Gasteiger partial charge in [-0.15, -0.1) is 0 Å². The summed E-state index contributed by atoms with van der Waals surface area (Å²) in [5.41, 5.74) is 0.164. The fourth-order valence-electron chi connectivity index (χ4n) is 2.66. The van der Waals surface area contributed by atoms with Crippen molar-refractivity contribution >= 4 is 23.2 Å². The van der Waals surface area contributed by atoms with E-state index in [1.165, 1.54) is 31.0 Å².